The topological polar surface area (TPSA) is 58.6 Å². The van der Waals surface area contributed by atoms with Crippen LogP contribution in [0.4, 0.5) is 4.39 Å². The molecule has 0 aromatic heterocycles. The van der Waals surface area contributed by atoms with Crippen molar-refractivity contribution in [3.05, 3.63) is 65.5 Å². The van der Waals surface area contributed by atoms with Crippen LogP contribution in [0.5, 0.6) is 5.75 Å². The molecule has 0 aliphatic heterocycles. The van der Waals surface area contributed by atoms with E-state index in [-0.39, 0.29) is 24.9 Å². The fraction of sp³-hybridized carbons (Fsp3) is 0.235. The highest BCUT2D eigenvalue weighted by atomic mass is 19.1. The van der Waals surface area contributed by atoms with E-state index in [9.17, 15) is 14.3 Å². The van der Waals surface area contributed by atoms with Crippen molar-refractivity contribution < 1.29 is 19.0 Å². The zero-order valence-corrected chi connectivity index (χ0v) is 12.3. The number of carbonyl (C=O) groups excluding carboxylic acids is 1. The van der Waals surface area contributed by atoms with E-state index in [1.54, 1.807) is 12.1 Å². The molecule has 2 rings (SSSR count). The Morgan fingerprint density at radius 1 is 1.18 bits per heavy atom. The van der Waals surface area contributed by atoms with Crippen LogP contribution in [-0.2, 0) is 0 Å². The zero-order valence-electron chi connectivity index (χ0n) is 12.3. The molecule has 0 aliphatic carbocycles. The van der Waals surface area contributed by atoms with Crippen LogP contribution in [0.15, 0.2) is 48.5 Å². The van der Waals surface area contributed by atoms with E-state index in [1.165, 1.54) is 24.3 Å². The smallest absolute Gasteiger partial charge is 0.251 e. The highest BCUT2D eigenvalue weighted by Gasteiger charge is 2.09. The maximum absolute atomic E-state index is 12.7. The molecule has 2 aromatic rings. The van der Waals surface area contributed by atoms with Crippen LogP contribution >= 0.6 is 0 Å². The summed E-state index contributed by atoms with van der Waals surface area (Å²) in [6.07, 6.45) is -0.848. The molecule has 0 bridgehead atoms. The minimum Gasteiger partial charge on any atom is -0.491 e. The second kappa shape index (κ2) is 7.56. The first-order chi connectivity index (χ1) is 10.5. The van der Waals surface area contributed by atoms with Gasteiger partial charge in [0, 0.05) is 12.1 Å². The number of nitrogens with one attached hydrogen (secondary N) is 1. The largest absolute Gasteiger partial charge is 0.491 e. The quantitative estimate of drug-likeness (QED) is 0.861. The van der Waals surface area contributed by atoms with Crippen molar-refractivity contribution in [2.24, 2.45) is 0 Å². The Labute approximate surface area is 128 Å². The van der Waals surface area contributed by atoms with Gasteiger partial charge in [-0.05, 0) is 43.3 Å². The lowest BCUT2D eigenvalue weighted by Gasteiger charge is -2.13. The van der Waals surface area contributed by atoms with Gasteiger partial charge in [0.25, 0.3) is 5.91 Å². The van der Waals surface area contributed by atoms with Gasteiger partial charge in [0.15, 0.2) is 0 Å². The first-order valence-corrected chi connectivity index (χ1v) is 6.96. The summed E-state index contributed by atoms with van der Waals surface area (Å²) >= 11 is 0. The molecular formula is C17H18FNO3. The molecule has 0 saturated carbocycles. The van der Waals surface area contributed by atoms with Gasteiger partial charge >= 0.3 is 0 Å². The summed E-state index contributed by atoms with van der Waals surface area (Å²) in [4.78, 5) is 11.9. The SMILES string of the molecule is Cc1ccc(C(=O)NCC(O)COc2ccc(F)cc2)cc1. The Balaban J connectivity index is 1.75. The summed E-state index contributed by atoms with van der Waals surface area (Å²) < 4.78 is 18.0. The number of hydrogen-bond acceptors (Lipinski definition) is 3. The van der Waals surface area contributed by atoms with Gasteiger partial charge in [-0.25, -0.2) is 4.39 Å². The Bertz CT molecular complexity index is 611. The molecule has 0 aliphatic rings. The molecule has 116 valence electrons. The molecule has 2 aromatic carbocycles. The minimum atomic E-state index is -0.848. The van der Waals surface area contributed by atoms with Crippen LogP contribution < -0.4 is 10.1 Å². The van der Waals surface area contributed by atoms with Crippen molar-refractivity contribution in [1.29, 1.82) is 0 Å². The Kier molecular flexibility index (Phi) is 5.49. The molecule has 0 heterocycles. The zero-order chi connectivity index (χ0) is 15.9. The molecule has 1 atom stereocenters. The molecule has 1 unspecified atom stereocenters. The summed E-state index contributed by atoms with van der Waals surface area (Å²) in [6, 6.07) is 12.7. The first kappa shape index (κ1) is 16.0. The number of benzene rings is 2. The van der Waals surface area contributed by atoms with E-state index in [0.717, 1.165) is 5.56 Å². The molecule has 0 saturated heterocycles. The van der Waals surface area contributed by atoms with E-state index in [1.807, 2.05) is 19.1 Å². The van der Waals surface area contributed by atoms with Crippen LogP contribution in [0.25, 0.3) is 0 Å². The summed E-state index contributed by atoms with van der Waals surface area (Å²) in [5.74, 6) is -0.135. The first-order valence-electron chi connectivity index (χ1n) is 6.96. The maximum Gasteiger partial charge on any atom is 0.251 e. The molecule has 0 fully saturated rings. The van der Waals surface area contributed by atoms with Crippen molar-refractivity contribution >= 4 is 5.91 Å². The molecule has 22 heavy (non-hydrogen) atoms. The second-order valence-electron chi connectivity index (χ2n) is 4.99. The van der Waals surface area contributed by atoms with Crippen molar-refractivity contribution in [3.63, 3.8) is 0 Å². The monoisotopic (exact) mass is 303 g/mol. The summed E-state index contributed by atoms with van der Waals surface area (Å²) in [5, 5.41) is 12.4. The lowest BCUT2D eigenvalue weighted by molar-refractivity contribution is 0.0843. The van der Waals surface area contributed by atoms with Gasteiger partial charge in [0.05, 0.1) is 0 Å². The Morgan fingerprint density at radius 2 is 1.82 bits per heavy atom. The van der Waals surface area contributed by atoms with Gasteiger partial charge < -0.3 is 15.2 Å². The highest BCUT2D eigenvalue weighted by molar-refractivity contribution is 5.94. The van der Waals surface area contributed by atoms with E-state index in [4.69, 9.17) is 4.74 Å². The van der Waals surface area contributed by atoms with Crippen LogP contribution in [-0.4, -0.2) is 30.3 Å². The number of carbonyl (C=O) groups is 1. The number of aliphatic hydroxyl groups excluding tert-OH is 1. The van der Waals surface area contributed by atoms with Gasteiger partial charge in [0.1, 0.15) is 24.3 Å². The van der Waals surface area contributed by atoms with Gasteiger partial charge in [-0.3, -0.25) is 4.79 Å². The molecule has 0 radical (unpaired) electrons. The van der Waals surface area contributed by atoms with E-state index >= 15 is 0 Å². The van der Waals surface area contributed by atoms with Gasteiger partial charge in [-0.1, -0.05) is 17.7 Å². The molecule has 4 nitrogen and oxygen atoms in total. The van der Waals surface area contributed by atoms with Crippen LogP contribution in [0.3, 0.4) is 0 Å². The van der Waals surface area contributed by atoms with Gasteiger partial charge in [-0.2, -0.15) is 0 Å². The number of ether oxygens (including phenoxy) is 1. The average molecular weight is 303 g/mol. The number of aliphatic hydroxyl groups is 1. The van der Waals surface area contributed by atoms with E-state index in [0.29, 0.717) is 11.3 Å². The fourth-order valence-electron chi connectivity index (χ4n) is 1.80. The van der Waals surface area contributed by atoms with E-state index < -0.39 is 6.10 Å². The van der Waals surface area contributed by atoms with Crippen molar-refractivity contribution in [1.82, 2.24) is 5.32 Å². The molecule has 1 amide bonds. The van der Waals surface area contributed by atoms with Crippen molar-refractivity contribution in [2.45, 2.75) is 13.0 Å². The lowest BCUT2D eigenvalue weighted by Crippen LogP contribution is -2.35. The second-order valence-corrected chi connectivity index (χ2v) is 4.99. The number of aryl methyl sites for hydroxylation is 1. The maximum atomic E-state index is 12.7. The molecule has 2 N–H and O–H groups in total. The van der Waals surface area contributed by atoms with Crippen LogP contribution in [0, 0.1) is 12.7 Å². The molecule has 0 spiro atoms. The summed E-state index contributed by atoms with van der Waals surface area (Å²) in [7, 11) is 0. The van der Waals surface area contributed by atoms with Crippen LogP contribution in [0.1, 0.15) is 15.9 Å². The molecule has 5 heteroatoms. The standard InChI is InChI=1S/C17H18FNO3/c1-12-2-4-13(5-3-12)17(21)19-10-15(20)11-22-16-8-6-14(18)7-9-16/h2-9,15,20H,10-11H2,1H3,(H,19,21). The predicted octanol–water partition coefficient (Wildman–Crippen LogP) is 2.30. The fourth-order valence-corrected chi connectivity index (χ4v) is 1.80. The third-order valence-corrected chi connectivity index (χ3v) is 3.07. The molecular weight excluding hydrogens is 285 g/mol. The third kappa shape index (κ3) is 4.86. The van der Waals surface area contributed by atoms with Gasteiger partial charge in [0.2, 0.25) is 0 Å². The Hall–Kier alpha value is -2.40. The number of hydrogen-bond donors (Lipinski definition) is 2. The number of amides is 1. The van der Waals surface area contributed by atoms with Gasteiger partial charge in [-0.15, -0.1) is 0 Å². The van der Waals surface area contributed by atoms with Crippen LogP contribution in [0.2, 0.25) is 0 Å². The van der Waals surface area contributed by atoms with Crippen molar-refractivity contribution in [2.75, 3.05) is 13.2 Å². The lowest BCUT2D eigenvalue weighted by atomic mass is 10.1. The average Bonchev–Trinajstić information content (AvgIpc) is 2.52. The summed E-state index contributed by atoms with van der Waals surface area (Å²) in [6.45, 7) is 2.03. The highest BCUT2D eigenvalue weighted by Crippen LogP contribution is 2.11. The summed E-state index contributed by atoms with van der Waals surface area (Å²) in [5.41, 5.74) is 1.61. The third-order valence-electron chi connectivity index (χ3n) is 3.07. The number of halogens is 1. The van der Waals surface area contributed by atoms with E-state index in [2.05, 4.69) is 5.32 Å². The Morgan fingerprint density at radius 3 is 2.45 bits per heavy atom. The van der Waals surface area contributed by atoms with Crippen molar-refractivity contribution in [3.8, 4) is 5.75 Å². The normalized spacial score (nSPS) is 11.8. The minimum absolute atomic E-state index is 0.0137. The predicted molar refractivity (Wildman–Crippen MR) is 81.4 cm³/mol. The number of rotatable bonds is 6.